The predicted molar refractivity (Wildman–Crippen MR) is 101 cm³/mol. The van der Waals surface area contributed by atoms with Gasteiger partial charge in [-0.1, -0.05) is 23.8 Å². The van der Waals surface area contributed by atoms with Crippen molar-refractivity contribution in [2.24, 2.45) is 5.14 Å². The SMILES string of the molecule is COC(=O)C(=Cc1ccc(S(N)(=O)=O)cc1)C1=C(C)Cc2ccc(F)cc21. The molecule has 1 aliphatic rings. The maximum absolute atomic E-state index is 13.8. The van der Waals surface area contributed by atoms with Gasteiger partial charge in [-0.05, 0) is 65.9 Å². The average Bonchev–Trinajstić information content (AvgIpc) is 2.93. The molecule has 7 heteroatoms. The number of hydrogen-bond acceptors (Lipinski definition) is 4. The van der Waals surface area contributed by atoms with E-state index in [0.29, 0.717) is 23.1 Å². The lowest BCUT2D eigenvalue weighted by Gasteiger charge is -2.11. The van der Waals surface area contributed by atoms with Gasteiger partial charge in [0.05, 0.1) is 17.6 Å². The molecule has 0 bridgehead atoms. The Morgan fingerprint density at radius 2 is 1.85 bits per heavy atom. The smallest absolute Gasteiger partial charge is 0.338 e. The summed E-state index contributed by atoms with van der Waals surface area (Å²) in [6.07, 6.45) is 2.21. The minimum absolute atomic E-state index is 0.0250. The Balaban J connectivity index is 2.11. The molecule has 0 radical (unpaired) electrons. The van der Waals surface area contributed by atoms with Crippen molar-refractivity contribution in [3.63, 3.8) is 0 Å². The highest BCUT2D eigenvalue weighted by atomic mass is 32.2. The number of nitrogens with two attached hydrogens (primary N) is 1. The average molecular weight is 387 g/mol. The first-order valence-electron chi connectivity index (χ1n) is 8.12. The largest absolute Gasteiger partial charge is 0.465 e. The third kappa shape index (κ3) is 3.84. The molecule has 0 amide bonds. The van der Waals surface area contributed by atoms with Crippen molar-refractivity contribution >= 4 is 27.6 Å². The highest BCUT2D eigenvalue weighted by Gasteiger charge is 2.26. The second kappa shape index (κ2) is 7.09. The number of esters is 1. The van der Waals surface area contributed by atoms with Crippen LogP contribution in [0.25, 0.3) is 11.6 Å². The molecule has 0 unspecified atom stereocenters. The Hall–Kier alpha value is -2.77. The molecule has 5 nitrogen and oxygen atoms in total. The molecule has 140 valence electrons. The van der Waals surface area contributed by atoms with Gasteiger partial charge in [-0.15, -0.1) is 0 Å². The second-order valence-corrected chi connectivity index (χ2v) is 7.86. The number of allylic oxidation sites excluding steroid dienone is 1. The van der Waals surface area contributed by atoms with Crippen LogP contribution in [0.2, 0.25) is 0 Å². The van der Waals surface area contributed by atoms with Crippen LogP contribution < -0.4 is 5.14 Å². The van der Waals surface area contributed by atoms with Gasteiger partial charge in [0.25, 0.3) is 0 Å². The summed E-state index contributed by atoms with van der Waals surface area (Å²) in [6, 6.07) is 10.3. The van der Waals surface area contributed by atoms with Gasteiger partial charge in [0.1, 0.15) is 5.82 Å². The molecule has 2 N–H and O–H groups in total. The number of sulfonamides is 1. The molecule has 0 spiro atoms. The lowest BCUT2D eigenvalue weighted by molar-refractivity contribution is -0.135. The van der Waals surface area contributed by atoms with Crippen LogP contribution >= 0.6 is 0 Å². The van der Waals surface area contributed by atoms with Gasteiger partial charge in [0.15, 0.2) is 0 Å². The van der Waals surface area contributed by atoms with E-state index in [-0.39, 0.29) is 16.3 Å². The molecule has 0 atom stereocenters. The first kappa shape index (κ1) is 19.0. The molecule has 0 heterocycles. The maximum atomic E-state index is 13.8. The lowest BCUT2D eigenvalue weighted by atomic mass is 9.95. The zero-order valence-electron chi connectivity index (χ0n) is 14.8. The quantitative estimate of drug-likeness (QED) is 0.645. The van der Waals surface area contributed by atoms with Crippen molar-refractivity contribution in [3.8, 4) is 0 Å². The van der Waals surface area contributed by atoms with E-state index in [0.717, 1.165) is 11.1 Å². The number of halogens is 1. The van der Waals surface area contributed by atoms with Crippen LogP contribution in [-0.4, -0.2) is 21.5 Å². The van der Waals surface area contributed by atoms with E-state index in [2.05, 4.69) is 0 Å². The number of benzene rings is 2. The number of primary sulfonamides is 1. The number of methoxy groups -OCH3 is 1. The molecule has 1 aliphatic carbocycles. The summed E-state index contributed by atoms with van der Waals surface area (Å²) in [5.41, 5.74) is 4.02. The number of ether oxygens (including phenoxy) is 1. The van der Waals surface area contributed by atoms with Gasteiger partial charge in [-0.25, -0.2) is 22.7 Å². The van der Waals surface area contributed by atoms with Crippen molar-refractivity contribution < 1.29 is 22.3 Å². The summed E-state index contributed by atoms with van der Waals surface area (Å²) in [5.74, 6) is -0.945. The zero-order chi connectivity index (χ0) is 19.8. The topological polar surface area (TPSA) is 86.5 Å². The summed E-state index contributed by atoms with van der Waals surface area (Å²) < 4.78 is 41.5. The van der Waals surface area contributed by atoms with E-state index in [4.69, 9.17) is 9.88 Å². The fourth-order valence-corrected chi connectivity index (χ4v) is 3.69. The zero-order valence-corrected chi connectivity index (χ0v) is 15.6. The minimum Gasteiger partial charge on any atom is -0.465 e. The fourth-order valence-electron chi connectivity index (χ4n) is 3.18. The third-order valence-electron chi connectivity index (χ3n) is 4.42. The van der Waals surface area contributed by atoms with E-state index >= 15 is 0 Å². The fraction of sp³-hybridized carbons (Fsp3) is 0.150. The van der Waals surface area contributed by atoms with Crippen molar-refractivity contribution in [1.82, 2.24) is 0 Å². The molecule has 0 saturated heterocycles. The molecular weight excluding hydrogens is 369 g/mol. The summed E-state index contributed by atoms with van der Waals surface area (Å²) in [7, 11) is -2.53. The molecule has 0 aromatic heterocycles. The van der Waals surface area contributed by atoms with Gasteiger partial charge in [-0.2, -0.15) is 0 Å². The summed E-state index contributed by atoms with van der Waals surface area (Å²) in [4.78, 5) is 12.4. The van der Waals surface area contributed by atoms with Crippen molar-refractivity contribution in [2.75, 3.05) is 7.11 Å². The van der Waals surface area contributed by atoms with Gasteiger partial charge in [0, 0.05) is 0 Å². The van der Waals surface area contributed by atoms with E-state index in [1.807, 2.05) is 6.92 Å². The molecule has 0 saturated carbocycles. The first-order valence-corrected chi connectivity index (χ1v) is 9.67. The highest BCUT2D eigenvalue weighted by molar-refractivity contribution is 7.89. The second-order valence-electron chi connectivity index (χ2n) is 6.30. The monoisotopic (exact) mass is 387 g/mol. The number of hydrogen-bond donors (Lipinski definition) is 1. The molecular formula is C20H18FNO4S. The molecule has 3 rings (SSSR count). The van der Waals surface area contributed by atoms with E-state index < -0.39 is 16.0 Å². The molecule has 2 aromatic carbocycles. The van der Waals surface area contributed by atoms with Crippen molar-refractivity contribution in [3.05, 3.63) is 76.1 Å². The first-order chi connectivity index (χ1) is 12.7. The third-order valence-corrected chi connectivity index (χ3v) is 5.35. The molecule has 0 fully saturated rings. The van der Waals surface area contributed by atoms with E-state index in [9.17, 15) is 17.6 Å². The number of rotatable bonds is 4. The predicted octanol–water partition coefficient (Wildman–Crippen LogP) is 3.06. The Labute approximate surface area is 157 Å². The molecule has 0 aliphatic heterocycles. The maximum Gasteiger partial charge on any atom is 0.338 e. The summed E-state index contributed by atoms with van der Waals surface area (Å²) in [6.45, 7) is 1.88. The Morgan fingerprint density at radius 1 is 1.19 bits per heavy atom. The van der Waals surface area contributed by atoms with Crippen LogP contribution in [-0.2, 0) is 26.0 Å². The summed E-state index contributed by atoms with van der Waals surface area (Å²) >= 11 is 0. The van der Waals surface area contributed by atoms with Gasteiger partial charge < -0.3 is 4.74 Å². The number of fused-ring (bicyclic) bond motifs is 1. The van der Waals surface area contributed by atoms with Crippen LogP contribution in [0.15, 0.2) is 58.5 Å². The Morgan fingerprint density at radius 3 is 2.44 bits per heavy atom. The van der Waals surface area contributed by atoms with Gasteiger partial charge in [-0.3, -0.25) is 0 Å². The van der Waals surface area contributed by atoms with E-state index in [1.165, 1.54) is 31.4 Å². The highest BCUT2D eigenvalue weighted by Crippen LogP contribution is 2.39. The van der Waals surface area contributed by atoms with Gasteiger partial charge >= 0.3 is 5.97 Å². The van der Waals surface area contributed by atoms with Crippen molar-refractivity contribution in [1.29, 1.82) is 0 Å². The van der Waals surface area contributed by atoms with Crippen molar-refractivity contribution in [2.45, 2.75) is 18.2 Å². The minimum atomic E-state index is -3.80. The lowest BCUT2D eigenvalue weighted by Crippen LogP contribution is -2.11. The molecule has 27 heavy (non-hydrogen) atoms. The van der Waals surface area contributed by atoms with E-state index in [1.54, 1.807) is 24.3 Å². The van der Waals surface area contributed by atoms with Crippen LogP contribution in [0.4, 0.5) is 4.39 Å². The number of carbonyl (C=O) groups excluding carboxylic acids is 1. The van der Waals surface area contributed by atoms with Crippen LogP contribution in [0.3, 0.4) is 0 Å². The van der Waals surface area contributed by atoms with Crippen LogP contribution in [0, 0.1) is 5.82 Å². The Bertz CT molecular complexity index is 1080. The summed E-state index contributed by atoms with van der Waals surface area (Å²) in [5, 5.41) is 5.10. The normalized spacial score (nSPS) is 14.3. The van der Waals surface area contributed by atoms with Crippen LogP contribution in [0.1, 0.15) is 23.6 Å². The Kier molecular flexibility index (Phi) is 4.99. The number of carbonyl (C=O) groups is 1. The van der Waals surface area contributed by atoms with Crippen LogP contribution in [0.5, 0.6) is 0 Å². The van der Waals surface area contributed by atoms with Gasteiger partial charge in [0.2, 0.25) is 10.0 Å². The molecule has 2 aromatic rings. The standard InChI is InChI=1S/C20H18FNO4S/c1-12-9-14-5-6-15(21)11-17(14)19(12)18(20(23)26-2)10-13-3-7-16(8-4-13)27(22,24)25/h3-8,10-11H,9H2,1-2H3,(H2,22,24,25).